The summed E-state index contributed by atoms with van der Waals surface area (Å²) in [6, 6.07) is 9.72. The Morgan fingerprint density at radius 3 is 2.67 bits per heavy atom. The summed E-state index contributed by atoms with van der Waals surface area (Å²) in [5.74, 6) is -0.445. The molecular weight excluding hydrogens is 251 g/mol. The van der Waals surface area contributed by atoms with Crippen LogP contribution in [0.15, 0.2) is 42.6 Å². The summed E-state index contributed by atoms with van der Waals surface area (Å²) in [4.78, 5) is 4.24. The topological polar surface area (TPSA) is 38.9 Å². The second kappa shape index (κ2) is 5.46. The van der Waals surface area contributed by atoms with Crippen molar-refractivity contribution in [1.82, 2.24) is 4.98 Å². The molecule has 0 bridgehead atoms. The van der Waals surface area contributed by atoms with Gasteiger partial charge in [-0.05, 0) is 24.3 Å². The smallest absolute Gasteiger partial charge is 0.129 e. The van der Waals surface area contributed by atoms with E-state index in [1.54, 1.807) is 18.3 Å². The lowest BCUT2D eigenvalue weighted by Gasteiger charge is -2.20. The highest BCUT2D eigenvalue weighted by Crippen LogP contribution is 2.29. The van der Waals surface area contributed by atoms with Crippen LogP contribution in [-0.2, 0) is 0 Å². The third-order valence-corrected chi connectivity index (χ3v) is 3.25. The fourth-order valence-electron chi connectivity index (χ4n) is 1.87. The highest BCUT2D eigenvalue weighted by atomic mass is 35.5. The predicted octanol–water partition coefficient (Wildman–Crippen LogP) is 3.68. The molecule has 1 aromatic carbocycles. The van der Waals surface area contributed by atoms with Gasteiger partial charge in [0.2, 0.25) is 0 Å². The Kier molecular flexibility index (Phi) is 3.94. The fourth-order valence-corrected chi connectivity index (χ4v) is 2.03. The van der Waals surface area contributed by atoms with Gasteiger partial charge in [-0.3, -0.25) is 4.98 Å². The lowest BCUT2D eigenvalue weighted by molar-refractivity contribution is 0.533. The van der Waals surface area contributed by atoms with Crippen molar-refractivity contribution >= 4 is 11.6 Å². The monoisotopic (exact) mass is 264 g/mol. The van der Waals surface area contributed by atoms with Gasteiger partial charge in [0.25, 0.3) is 0 Å². The van der Waals surface area contributed by atoms with Crippen molar-refractivity contribution in [2.24, 2.45) is 5.73 Å². The van der Waals surface area contributed by atoms with Gasteiger partial charge in [-0.25, -0.2) is 4.39 Å². The average Bonchev–Trinajstić information content (AvgIpc) is 2.38. The normalized spacial score (nSPS) is 14.2. The summed E-state index contributed by atoms with van der Waals surface area (Å²) in [6.07, 6.45) is 1.71. The van der Waals surface area contributed by atoms with Crippen LogP contribution in [0, 0.1) is 5.82 Å². The Morgan fingerprint density at radius 1 is 1.28 bits per heavy atom. The highest BCUT2D eigenvalue weighted by molar-refractivity contribution is 6.30. The van der Waals surface area contributed by atoms with Gasteiger partial charge in [-0.15, -0.1) is 0 Å². The number of nitrogens with two attached hydrogens (primary N) is 1. The van der Waals surface area contributed by atoms with Gasteiger partial charge >= 0.3 is 0 Å². The molecule has 2 unspecified atom stereocenters. The largest absolute Gasteiger partial charge is 0.323 e. The molecule has 0 saturated carbocycles. The van der Waals surface area contributed by atoms with E-state index < -0.39 is 6.04 Å². The van der Waals surface area contributed by atoms with Gasteiger partial charge in [0.05, 0.1) is 0 Å². The molecule has 0 radical (unpaired) electrons. The summed E-state index contributed by atoms with van der Waals surface area (Å²) in [6.45, 7) is 1.93. The number of nitrogens with zero attached hydrogens (tertiary/aromatic N) is 1. The quantitative estimate of drug-likeness (QED) is 0.919. The van der Waals surface area contributed by atoms with E-state index in [9.17, 15) is 4.39 Å². The molecule has 0 fully saturated rings. The molecule has 0 aliphatic carbocycles. The van der Waals surface area contributed by atoms with Crippen molar-refractivity contribution in [2.75, 3.05) is 0 Å². The molecule has 0 aliphatic heterocycles. The molecule has 2 nitrogen and oxygen atoms in total. The highest BCUT2D eigenvalue weighted by Gasteiger charge is 2.20. The molecule has 2 aromatic rings. The van der Waals surface area contributed by atoms with E-state index in [-0.39, 0.29) is 11.7 Å². The first-order valence-corrected chi connectivity index (χ1v) is 6.09. The first-order chi connectivity index (χ1) is 8.59. The second-order valence-electron chi connectivity index (χ2n) is 4.23. The van der Waals surface area contributed by atoms with Crippen molar-refractivity contribution in [3.63, 3.8) is 0 Å². The van der Waals surface area contributed by atoms with E-state index in [1.165, 1.54) is 6.07 Å². The number of hydrogen-bond donors (Lipinski definition) is 1. The Hall–Kier alpha value is -1.45. The first kappa shape index (κ1) is 13.0. The van der Waals surface area contributed by atoms with Crippen LogP contribution in [0.4, 0.5) is 4.39 Å². The number of rotatable bonds is 3. The molecular formula is C14H14ClFN2. The summed E-state index contributed by atoms with van der Waals surface area (Å²) < 4.78 is 13.8. The molecule has 0 amide bonds. The van der Waals surface area contributed by atoms with E-state index in [0.717, 1.165) is 5.69 Å². The van der Waals surface area contributed by atoms with E-state index in [4.69, 9.17) is 17.3 Å². The van der Waals surface area contributed by atoms with Crippen LogP contribution in [0.5, 0.6) is 0 Å². The summed E-state index contributed by atoms with van der Waals surface area (Å²) >= 11 is 5.73. The van der Waals surface area contributed by atoms with Crippen molar-refractivity contribution in [3.05, 3.63) is 64.7 Å². The van der Waals surface area contributed by atoms with Crippen LogP contribution in [0.2, 0.25) is 5.02 Å². The maximum atomic E-state index is 13.8. The zero-order valence-corrected chi connectivity index (χ0v) is 10.7. The van der Waals surface area contributed by atoms with Crippen LogP contribution in [0.3, 0.4) is 0 Å². The van der Waals surface area contributed by atoms with Crippen LogP contribution < -0.4 is 5.73 Å². The molecule has 18 heavy (non-hydrogen) atoms. The first-order valence-electron chi connectivity index (χ1n) is 5.71. The Bertz CT molecular complexity index is 531. The fraction of sp³-hybridized carbons (Fsp3) is 0.214. The third kappa shape index (κ3) is 2.68. The lowest BCUT2D eigenvalue weighted by atomic mass is 9.92. The number of aromatic nitrogens is 1. The van der Waals surface area contributed by atoms with Gasteiger partial charge < -0.3 is 5.73 Å². The standard InChI is InChI=1S/C14H14ClFN2/c1-9(13-4-2-3-7-18-13)14(17)11-6-5-10(15)8-12(11)16/h2-9,14H,17H2,1H3. The van der Waals surface area contributed by atoms with E-state index in [1.807, 2.05) is 25.1 Å². The van der Waals surface area contributed by atoms with Crippen molar-refractivity contribution in [1.29, 1.82) is 0 Å². The number of pyridine rings is 1. The van der Waals surface area contributed by atoms with E-state index >= 15 is 0 Å². The molecule has 0 spiro atoms. The second-order valence-corrected chi connectivity index (χ2v) is 4.67. The zero-order valence-electron chi connectivity index (χ0n) is 9.98. The molecule has 0 saturated heterocycles. The summed E-state index contributed by atoms with van der Waals surface area (Å²) in [5, 5.41) is 0.369. The van der Waals surface area contributed by atoms with E-state index in [2.05, 4.69) is 4.98 Å². The number of halogens is 2. The molecule has 1 heterocycles. The molecule has 1 aromatic heterocycles. The predicted molar refractivity (Wildman–Crippen MR) is 71.0 cm³/mol. The minimum absolute atomic E-state index is 0.0677. The van der Waals surface area contributed by atoms with Gasteiger partial charge in [0, 0.05) is 34.4 Å². The van der Waals surface area contributed by atoms with Crippen LogP contribution in [0.25, 0.3) is 0 Å². The Morgan fingerprint density at radius 2 is 2.06 bits per heavy atom. The molecule has 94 valence electrons. The van der Waals surface area contributed by atoms with Crippen molar-refractivity contribution in [2.45, 2.75) is 18.9 Å². The SMILES string of the molecule is CC(c1ccccn1)C(N)c1ccc(Cl)cc1F. The maximum absolute atomic E-state index is 13.8. The number of hydrogen-bond acceptors (Lipinski definition) is 2. The Balaban J connectivity index is 2.28. The van der Waals surface area contributed by atoms with Crippen molar-refractivity contribution < 1.29 is 4.39 Å². The molecule has 2 rings (SSSR count). The third-order valence-electron chi connectivity index (χ3n) is 3.01. The molecule has 2 atom stereocenters. The van der Waals surface area contributed by atoms with Gasteiger partial charge in [0.15, 0.2) is 0 Å². The average molecular weight is 265 g/mol. The van der Waals surface area contributed by atoms with Gasteiger partial charge in [-0.2, -0.15) is 0 Å². The van der Waals surface area contributed by atoms with Crippen LogP contribution in [0.1, 0.15) is 30.1 Å². The summed E-state index contributed by atoms with van der Waals surface area (Å²) in [5.41, 5.74) is 7.40. The minimum atomic E-state index is -0.447. The van der Waals surface area contributed by atoms with Crippen molar-refractivity contribution in [3.8, 4) is 0 Å². The minimum Gasteiger partial charge on any atom is -0.323 e. The lowest BCUT2D eigenvalue weighted by Crippen LogP contribution is -2.19. The maximum Gasteiger partial charge on any atom is 0.129 e. The van der Waals surface area contributed by atoms with Gasteiger partial charge in [-0.1, -0.05) is 30.7 Å². The summed E-state index contributed by atoms with van der Waals surface area (Å²) in [7, 11) is 0. The Labute approximate surface area is 111 Å². The molecule has 0 aliphatic rings. The van der Waals surface area contributed by atoms with E-state index in [0.29, 0.717) is 10.6 Å². The molecule has 4 heteroatoms. The number of benzene rings is 1. The van der Waals surface area contributed by atoms with Gasteiger partial charge in [0.1, 0.15) is 5.82 Å². The van der Waals surface area contributed by atoms with Crippen LogP contribution in [-0.4, -0.2) is 4.98 Å². The zero-order chi connectivity index (χ0) is 13.1. The van der Waals surface area contributed by atoms with Crippen LogP contribution >= 0.6 is 11.6 Å². The molecule has 2 N–H and O–H groups in total.